The van der Waals surface area contributed by atoms with E-state index in [1.54, 1.807) is 44.2 Å². The third kappa shape index (κ3) is 7.66. The van der Waals surface area contributed by atoms with E-state index in [0.29, 0.717) is 31.0 Å². The first-order valence-corrected chi connectivity index (χ1v) is 13.0. The zero-order valence-electron chi connectivity index (χ0n) is 21.8. The maximum Gasteiger partial charge on any atom is 0.248 e. The molecule has 3 aromatic rings. The van der Waals surface area contributed by atoms with Crippen molar-refractivity contribution < 1.29 is 19.1 Å². The summed E-state index contributed by atoms with van der Waals surface area (Å²) in [6.07, 6.45) is 3.12. The summed E-state index contributed by atoms with van der Waals surface area (Å²) in [4.78, 5) is 27.7. The van der Waals surface area contributed by atoms with Crippen molar-refractivity contribution >= 4 is 46.6 Å². The molecule has 1 fully saturated rings. The average molecular weight is 551 g/mol. The first-order chi connectivity index (χ1) is 18.5. The number of benzene rings is 3. The fraction of sp³-hybridized carbons (Fsp3) is 0.267. The highest BCUT2D eigenvalue weighted by atomic mass is 35.5. The van der Waals surface area contributed by atoms with E-state index in [-0.39, 0.29) is 28.4 Å². The van der Waals surface area contributed by atoms with Crippen LogP contribution in [0.3, 0.4) is 0 Å². The van der Waals surface area contributed by atoms with Crippen molar-refractivity contribution in [3.63, 3.8) is 0 Å². The Morgan fingerprint density at radius 2 is 1.79 bits per heavy atom. The van der Waals surface area contributed by atoms with E-state index in [1.807, 2.05) is 29.2 Å². The number of carbonyl (C=O) groups excluding carboxylic acids is 2. The first kappa shape index (κ1) is 28.3. The Morgan fingerprint density at radius 1 is 1.08 bits per heavy atom. The lowest BCUT2D eigenvalue weighted by atomic mass is 9.88. The lowest BCUT2D eigenvalue weighted by Gasteiger charge is -2.25. The smallest absolute Gasteiger partial charge is 0.248 e. The van der Waals surface area contributed by atoms with Crippen molar-refractivity contribution in [3.8, 4) is 0 Å². The van der Waals surface area contributed by atoms with E-state index in [0.717, 1.165) is 17.2 Å². The van der Waals surface area contributed by atoms with Gasteiger partial charge >= 0.3 is 0 Å². The summed E-state index contributed by atoms with van der Waals surface area (Å²) < 4.78 is 14.3. The zero-order valence-corrected chi connectivity index (χ0v) is 22.6. The number of amides is 2. The second-order valence-electron chi connectivity index (χ2n) is 10.4. The molecule has 0 radical (unpaired) electrons. The molecule has 204 valence electrons. The highest BCUT2D eigenvalue weighted by Crippen LogP contribution is 2.35. The molecule has 1 saturated heterocycles. The number of nitrogens with two attached hydrogens (primary N) is 1. The highest BCUT2D eigenvalue weighted by Gasteiger charge is 2.40. The van der Waals surface area contributed by atoms with Crippen LogP contribution in [0, 0.1) is 11.7 Å². The van der Waals surface area contributed by atoms with Crippen LogP contribution in [-0.4, -0.2) is 47.1 Å². The van der Waals surface area contributed by atoms with Gasteiger partial charge in [0.15, 0.2) is 0 Å². The monoisotopic (exact) mass is 550 g/mol. The molecule has 1 heterocycles. The number of nitrogen functional groups attached to an aromatic ring is 1. The molecule has 2 atom stereocenters. The largest absolute Gasteiger partial charge is 0.397 e. The van der Waals surface area contributed by atoms with Gasteiger partial charge in [-0.15, -0.1) is 0 Å². The minimum Gasteiger partial charge on any atom is -0.397 e. The second-order valence-corrected chi connectivity index (χ2v) is 10.8. The summed E-state index contributed by atoms with van der Waals surface area (Å²) in [6, 6.07) is 18.8. The molecular weight excluding hydrogens is 519 g/mol. The van der Waals surface area contributed by atoms with Crippen LogP contribution in [0.4, 0.5) is 21.5 Å². The molecule has 0 aliphatic carbocycles. The van der Waals surface area contributed by atoms with Crippen LogP contribution in [0.1, 0.15) is 30.9 Å². The summed E-state index contributed by atoms with van der Waals surface area (Å²) in [5, 5.41) is 16.1. The lowest BCUT2D eigenvalue weighted by Crippen LogP contribution is -2.38. The highest BCUT2D eigenvalue weighted by molar-refractivity contribution is 6.30. The van der Waals surface area contributed by atoms with Crippen LogP contribution in [0.25, 0.3) is 6.08 Å². The van der Waals surface area contributed by atoms with Gasteiger partial charge in [0.2, 0.25) is 11.8 Å². The topological polar surface area (TPSA) is 108 Å². The van der Waals surface area contributed by atoms with Gasteiger partial charge in [-0.3, -0.25) is 14.5 Å². The van der Waals surface area contributed by atoms with E-state index in [2.05, 4.69) is 10.6 Å². The molecule has 5 N–H and O–H groups in total. The minimum absolute atomic E-state index is 0.0695. The minimum atomic E-state index is -0.933. The van der Waals surface area contributed by atoms with E-state index in [9.17, 15) is 19.1 Å². The fourth-order valence-electron chi connectivity index (χ4n) is 4.79. The molecule has 3 aromatic carbocycles. The molecule has 39 heavy (non-hydrogen) atoms. The van der Waals surface area contributed by atoms with Gasteiger partial charge in [-0.1, -0.05) is 48.0 Å². The van der Waals surface area contributed by atoms with Crippen molar-refractivity contribution in [2.24, 2.45) is 5.92 Å². The van der Waals surface area contributed by atoms with Crippen molar-refractivity contribution in [3.05, 3.63) is 94.8 Å². The summed E-state index contributed by atoms with van der Waals surface area (Å²) in [6.45, 7) is 4.82. The zero-order chi connectivity index (χ0) is 28.2. The first-order valence-electron chi connectivity index (χ1n) is 12.6. The Bertz CT molecular complexity index is 1370. The Morgan fingerprint density at radius 3 is 2.46 bits per heavy atom. The number of carbonyl (C=O) groups is 2. The van der Waals surface area contributed by atoms with Crippen molar-refractivity contribution in [1.29, 1.82) is 0 Å². The molecule has 0 saturated carbocycles. The third-order valence-electron chi connectivity index (χ3n) is 6.54. The Labute approximate surface area is 232 Å². The standard InChI is InChI=1S/C30H32ClFN4O3/c1-30(2,39)18-36-16-22(23(17-36)29(38)35-26-13-12-21(31)15-24(26)32)20-10-7-19(8-11-20)9-14-28(37)34-27-6-4-3-5-25(27)33/h3-15,22-23,39H,16-18,33H2,1-2H3,(H,34,37)(H,35,38). The number of para-hydroxylation sites is 2. The summed E-state index contributed by atoms with van der Waals surface area (Å²) in [5.74, 6) is -1.86. The molecule has 0 spiro atoms. The molecule has 1 aliphatic rings. The normalized spacial score (nSPS) is 17.9. The number of nitrogens with zero attached hydrogens (tertiary/aromatic N) is 1. The number of nitrogens with one attached hydrogen (secondary N) is 2. The third-order valence-corrected chi connectivity index (χ3v) is 6.78. The summed E-state index contributed by atoms with van der Waals surface area (Å²) >= 11 is 5.84. The number of rotatable bonds is 8. The number of hydrogen-bond donors (Lipinski definition) is 4. The number of anilines is 3. The fourth-order valence-corrected chi connectivity index (χ4v) is 4.95. The van der Waals surface area contributed by atoms with Gasteiger partial charge in [-0.2, -0.15) is 0 Å². The molecular formula is C30H32ClFN4O3. The van der Waals surface area contributed by atoms with E-state index in [1.165, 1.54) is 18.2 Å². The number of aliphatic hydroxyl groups is 1. The van der Waals surface area contributed by atoms with Gasteiger partial charge in [-0.25, -0.2) is 4.39 Å². The summed E-state index contributed by atoms with van der Waals surface area (Å²) in [5.41, 5.74) is 7.78. The summed E-state index contributed by atoms with van der Waals surface area (Å²) in [7, 11) is 0. The Hall–Kier alpha value is -3.72. The predicted molar refractivity (Wildman–Crippen MR) is 154 cm³/mol. The van der Waals surface area contributed by atoms with Gasteiger partial charge in [0, 0.05) is 36.7 Å². The lowest BCUT2D eigenvalue weighted by molar-refractivity contribution is -0.120. The maximum absolute atomic E-state index is 14.3. The van der Waals surface area contributed by atoms with E-state index < -0.39 is 17.3 Å². The van der Waals surface area contributed by atoms with Gasteiger partial charge in [0.05, 0.1) is 28.6 Å². The molecule has 4 rings (SSSR count). The van der Waals surface area contributed by atoms with Gasteiger partial charge in [0.25, 0.3) is 0 Å². The molecule has 2 amide bonds. The van der Waals surface area contributed by atoms with Crippen LogP contribution < -0.4 is 16.4 Å². The van der Waals surface area contributed by atoms with Gasteiger partial charge in [-0.05, 0) is 61.4 Å². The Balaban J connectivity index is 1.48. The SMILES string of the molecule is CC(C)(O)CN1CC(C(=O)Nc2ccc(Cl)cc2F)C(c2ccc(C=CC(=O)Nc3ccccc3N)cc2)C1. The molecule has 0 aromatic heterocycles. The van der Waals surface area contributed by atoms with Crippen LogP contribution in [0.5, 0.6) is 0 Å². The average Bonchev–Trinajstić information content (AvgIpc) is 3.28. The van der Waals surface area contributed by atoms with Crippen LogP contribution >= 0.6 is 11.6 Å². The molecule has 9 heteroatoms. The van der Waals surface area contributed by atoms with Crippen LogP contribution in [-0.2, 0) is 9.59 Å². The van der Waals surface area contributed by atoms with E-state index in [4.69, 9.17) is 17.3 Å². The van der Waals surface area contributed by atoms with Gasteiger partial charge in [0.1, 0.15) is 5.82 Å². The number of hydrogen-bond acceptors (Lipinski definition) is 5. The number of likely N-dealkylation sites (tertiary alicyclic amines) is 1. The predicted octanol–water partition coefficient (Wildman–Crippen LogP) is 5.14. The number of halogens is 2. The van der Waals surface area contributed by atoms with Crippen molar-refractivity contribution in [1.82, 2.24) is 4.90 Å². The van der Waals surface area contributed by atoms with Crippen LogP contribution in [0.15, 0.2) is 72.8 Å². The van der Waals surface area contributed by atoms with Crippen LogP contribution in [0.2, 0.25) is 5.02 Å². The van der Waals surface area contributed by atoms with Crippen molar-refractivity contribution in [2.75, 3.05) is 36.0 Å². The molecule has 7 nitrogen and oxygen atoms in total. The second kappa shape index (κ2) is 12.0. The molecule has 2 unspecified atom stereocenters. The quantitative estimate of drug-likeness (QED) is 0.229. The Kier molecular flexibility index (Phi) is 8.70. The van der Waals surface area contributed by atoms with Gasteiger partial charge < -0.3 is 21.5 Å². The van der Waals surface area contributed by atoms with E-state index >= 15 is 0 Å². The molecule has 0 bridgehead atoms. The maximum atomic E-state index is 14.3. The number of β-amino-alcohol motifs (C(OH)–C–C–N with tert-alkyl or cyclic N) is 1. The molecule has 1 aliphatic heterocycles. The van der Waals surface area contributed by atoms with Crippen molar-refractivity contribution in [2.45, 2.75) is 25.4 Å².